The van der Waals surface area contributed by atoms with Gasteiger partial charge >= 0.3 is 5.97 Å². The predicted octanol–water partition coefficient (Wildman–Crippen LogP) is 1.45. The molecule has 0 spiro atoms. The zero-order valence-electron chi connectivity index (χ0n) is 11.4. The summed E-state index contributed by atoms with van der Waals surface area (Å²) in [4.78, 5) is 25.2. The van der Waals surface area contributed by atoms with Crippen LogP contribution in [0.4, 0.5) is 10.7 Å². The van der Waals surface area contributed by atoms with E-state index in [2.05, 4.69) is 11.7 Å². The van der Waals surface area contributed by atoms with Crippen molar-refractivity contribution >= 4 is 33.9 Å². The van der Waals surface area contributed by atoms with Gasteiger partial charge in [0, 0.05) is 13.6 Å². The third kappa shape index (κ3) is 3.17. The number of carbonyl (C=O) groups excluding carboxylic acids is 2. The second-order valence-electron chi connectivity index (χ2n) is 4.16. The van der Waals surface area contributed by atoms with Crippen LogP contribution < -0.4 is 16.4 Å². The number of nitrogens with zero attached hydrogens (tertiary/aromatic N) is 1. The number of unbranched alkanes of at least 4 members (excludes halogenated alkanes) is 1. The summed E-state index contributed by atoms with van der Waals surface area (Å²) in [5.74, 6) is -1.19. The monoisotopic (exact) mass is 285 g/mol. The fraction of sp³-hybridized carbons (Fsp3) is 0.500. The lowest BCUT2D eigenvalue weighted by molar-refractivity contribution is 0.0607. The topological polar surface area (TPSA) is 98.7 Å². The van der Waals surface area contributed by atoms with E-state index in [4.69, 9.17) is 11.5 Å². The first kappa shape index (κ1) is 15.3. The van der Waals surface area contributed by atoms with Gasteiger partial charge in [0.05, 0.1) is 18.4 Å². The first-order valence-corrected chi connectivity index (χ1v) is 6.77. The van der Waals surface area contributed by atoms with Crippen molar-refractivity contribution in [1.82, 2.24) is 0 Å². The molecule has 0 atom stereocenters. The maximum absolute atomic E-state index is 11.6. The van der Waals surface area contributed by atoms with Crippen molar-refractivity contribution in [1.29, 1.82) is 0 Å². The summed E-state index contributed by atoms with van der Waals surface area (Å²) in [6.07, 6.45) is 2.00. The van der Waals surface area contributed by atoms with Gasteiger partial charge in [-0.05, 0) is 6.42 Å². The number of amides is 1. The van der Waals surface area contributed by atoms with E-state index in [1.807, 2.05) is 11.9 Å². The molecule has 0 bridgehead atoms. The lowest BCUT2D eigenvalue weighted by Crippen LogP contribution is -2.22. The maximum Gasteiger partial charge on any atom is 0.350 e. The molecule has 0 unspecified atom stereocenters. The molecule has 1 aromatic rings. The van der Waals surface area contributed by atoms with Gasteiger partial charge in [0.15, 0.2) is 0 Å². The van der Waals surface area contributed by atoms with Crippen LogP contribution in [0.5, 0.6) is 0 Å². The zero-order valence-corrected chi connectivity index (χ0v) is 12.2. The Balaban J connectivity index is 3.22. The Kier molecular flexibility index (Phi) is 5.17. The molecule has 1 heterocycles. The van der Waals surface area contributed by atoms with E-state index >= 15 is 0 Å². The molecule has 0 aliphatic carbocycles. The summed E-state index contributed by atoms with van der Waals surface area (Å²) >= 11 is 1.13. The molecular weight excluding hydrogens is 266 g/mol. The van der Waals surface area contributed by atoms with Crippen molar-refractivity contribution in [2.45, 2.75) is 19.8 Å². The number of anilines is 2. The number of methoxy groups -OCH3 is 1. The molecule has 0 aliphatic rings. The number of thiophene rings is 1. The summed E-state index contributed by atoms with van der Waals surface area (Å²) < 4.78 is 4.65. The molecule has 0 aromatic carbocycles. The molecule has 0 saturated heterocycles. The number of primary amides is 1. The van der Waals surface area contributed by atoms with Crippen LogP contribution in [0, 0.1) is 0 Å². The van der Waals surface area contributed by atoms with Crippen LogP contribution in [0.1, 0.15) is 39.8 Å². The molecule has 7 heteroatoms. The summed E-state index contributed by atoms with van der Waals surface area (Å²) in [6.45, 7) is 2.84. The molecule has 4 N–H and O–H groups in total. The molecule has 1 amide bonds. The van der Waals surface area contributed by atoms with Gasteiger partial charge in [-0.3, -0.25) is 4.79 Å². The minimum absolute atomic E-state index is 0.0997. The van der Waals surface area contributed by atoms with Crippen molar-refractivity contribution in [2.24, 2.45) is 5.73 Å². The van der Waals surface area contributed by atoms with Crippen LogP contribution >= 0.6 is 11.3 Å². The molecule has 0 saturated carbocycles. The Bertz CT molecular complexity index is 485. The fourth-order valence-electron chi connectivity index (χ4n) is 1.68. The standard InChI is InChI=1S/C12H19N3O3S/c1-4-5-6-15(2)11-7(10(14)16)8(13)9(19-11)12(17)18-3/h4-6,13H2,1-3H3,(H2,14,16). The quantitative estimate of drug-likeness (QED) is 0.771. The Morgan fingerprint density at radius 1 is 1.42 bits per heavy atom. The highest BCUT2D eigenvalue weighted by molar-refractivity contribution is 7.19. The fourth-order valence-corrected chi connectivity index (χ4v) is 2.81. The van der Waals surface area contributed by atoms with E-state index < -0.39 is 11.9 Å². The van der Waals surface area contributed by atoms with E-state index in [9.17, 15) is 9.59 Å². The van der Waals surface area contributed by atoms with E-state index in [1.54, 1.807) is 0 Å². The van der Waals surface area contributed by atoms with Crippen LogP contribution in [0.3, 0.4) is 0 Å². The van der Waals surface area contributed by atoms with Gasteiger partial charge < -0.3 is 21.1 Å². The van der Waals surface area contributed by atoms with Crippen LogP contribution in [0.2, 0.25) is 0 Å². The van der Waals surface area contributed by atoms with E-state index in [1.165, 1.54) is 7.11 Å². The molecular formula is C12H19N3O3S. The Morgan fingerprint density at radius 3 is 2.53 bits per heavy atom. The second kappa shape index (κ2) is 6.42. The predicted molar refractivity (Wildman–Crippen MR) is 76.8 cm³/mol. The smallest absolute Gasteiger partial charge is 0.350 e. The van der Waals surface area contributed by atoms with Gasteiger partial charge in [0.25, 0.3) is 5.91 Å². The summed E-state index contributed by atoms with van der Waals surface area (Å²) in [7, 11) is 3.11. The molecule has 0 radical (unpaired) electrons. The van der Waals surface area contributed by atoms with Crippen molar-refractivity contribution in [3.05, 3.63) is 10.4 Å². The lowest BCUT2D eigenvalue weighted by atomic mass is 10.2. The van der Waals surface area contributed by atoms with Gasteiger partial charge in [0.2, 0.25) is 0 Å². The first-order chi connectivity index (χ1) is 8.93. The molecule has 106 valence electrons. The van der Waals surface area contributed by atoms with Crippen LogP contribution in [0.15, 0.2) is 0 Å². The molecule has 0 fully saturated rings. The molecule has 0 aliphatic heterocycles. The number of hydrogen-bond donors (Lipinski definition) is 2. The van der Waals surface area contributed by atoms with Crippen molar-refractivity contribution in [3.8, 4) is 0 Å². The van der Waals surface area contributed by atoms with Crippen molar-refractivity contribution < 1.29 is 14.3 Å². The van der Waals surface area contributed by atoms with Gasteiger partial charge in [-0.25, -0.2) is 4.79 Å². The average Bonchev–Trinajstić information content (AvgIpc) is 2.72. The van der Waals surface area contributed by atoms with E-state index in [0.29, 0.717) is 5.00 Å². The Morgan fingerprint density at radius 2 is 2.05 bits per heavy atom. The number of esters is 1. The third-order valence-electron chi connectivity index (χ3n) is 2.74. The van der Waals surface area contributed by atoms with E-state index in [0.717, 1.165) is 30.7 Å². The minimum atomic E-state index is -0.637. The summed E-state index contributed by atoms with van der Waals surface area (Å²) in [5, 5.41) is 0.610. The Hall–Kier alpha value is -1.76. The highest BCUT2D eigenvalue weighted by atomic mass is 32.1. The van der Waals surface area contributed by atoms with Crippen LogP contribution in [0.25, 0.3) is 0 Å². The van der Waals surface area contributed by atoms with Crippen molar-refractivity contribution in [3.63, 3.8) is 0 Å². The summed E-state index contributed by atoms with van der Waals surface area (Å²) in [6, 6.07) is 0. The van der Waals surface area contributed by atoms with Gasteiger partial charge in [-0.15, -0.1) is 11.3 Å². The van der Waals surface area contributed by atoms with Gasteiger partial charge in [-0.1, -0.05) is 13.3 Å². The Labute approximate surface area is 116 Å². The largest absolute Gasteiger partial charge is 0.465 e. The highest BCUT2D eigenvalue weighted by Crippen LogP contribution is 2.38. The van der Waals surface area contributed by atoms with Crippen molar-refractivity contribution in [2.75, 3.05) is 31.3 Å². The third-order valence-corrected chi connectivity index (χ3v) is 4.04. The number of carbonyl (C=O) groups is 2. The van der Waals surface area contributed by atoms with E-state index in [-0.39, 0.29) is 16.1 Å². The molecule has 1 aromatic heterocycles. The SMILES string of the molecule is CCCCN(C)c1sc(C(=O)OC)c(N)c1C(N)=O. The number of nitrogens with two attached hydrogens (primary N) is 2. The second-order valence-corrected chi connectivity index (χ2v) is 5.16. The van der Waals surface area contributed by atoms with Crippen LogP contribution in [-0.2, 0) is 4.74 Å². The number of hydrogen-bond acceptors (Lipinski definition) is 6. The first-order valence-electron chi connectivity index (χ1n) is 5.95. The average molecular weight is 285 g/mol. The van der Waals surface area contributed by atoms with Gasteiger partial charge in [-0.2, -0.15) is 0 Å². The number of ether oxygens (including phenoxy) is 1. The zero-order chi connectivity index (χ0) is 14.6. The maximum atomic E-state index is 11.6. The normalized spacial score (nSPS) is 10.3. The highest BCUT2D eigenvalue weighted by Gasteiger charge is 2.26. The van der Waals surface area contributed by atoms with Gasteiger partial charge in [0.1, 0.15) is 9.88 Å². The molecule has 6 nitrogen and oxygen atoms in total. The molecule has 1 rings (SSSR count). The minimum Gasteiger partial charge on any atom is -0.465 e. The molecule has 19 heavy (non-hydrogen) atoms. The lowest BCUT2D eigenvalue weighted by Gasteiger charge is -2.17. The van der Waals surface area contributed by atoms with Crippen LogP contribution in [-0.4, -0.2) is 32.6 Å². The number of rotatable bonds is 6. The number of nitrogen functional groups attached to an aromatic ring is 1. The summed E-state index contributed by atoms with van der Waals surface area (Å²) in [5.41, 5.74) is 11.5.